The van der Waals surface area contributed by atoms with E-state index < -0.39 is 0 Å². The minimum atomic E-state index is -0.255. The van der Waals surface area contributed by atoms with Crippen LogP contribution in [0.2, 0.25) is 0 Å². The van der Waals surface area contributed by atoms with Crippen LogP contribution in [0.1, 0.15) is 55.7 Å². The predicted molar refractivity (Wildman–Crippen MR) is 72.8 cm³/mol. The first-order chi connectivity index (χ1) is 8.74. The second kappa shape index (κ2) is 6.39. The molecule has 0 spiro atoms. The molecule has 1 N–H and O–H groups in total. The maximum Gasteiger partial charge on any atom is 0.0807 e. The molecule has 18 heavy (non-hydrogen) atoms. The Balaban J connectivity index is 1.96. The van der Waals surface area contributed by atoms with Crippen LogP contribution < -0.4 is 0 Å². The standard InChI is InChI=1S/C15H25NO2/c1-3-4-9-18-10-8-16-12(2)11-13-14(16)6-5-7-15(13)17/h11,15,17H,3-10H2,1-2H3. The zero-order valence-electron chi connectivity index (χ0n) is 11.6. The maximum absolute atomic E-state index is 10.00. The Morgan fingerprint density at radius 2 is 2.28 bits per heavy atom. The van der Waals surface area contributed by atoms with Crippen LogP contribution in [-0.2, 0) is 17.7 Å². The van der Waals surface area contributed by atoms with Crippen LogP contribution in [0.15, 0.2) is 6.07 Å². The van der Waals surface area contributed by atoms with E-state index in [1.165, 1.54) is 17.8 Å². The lowest BCUT2D eigenvalue weighted by molar-refractivity contribution is 0.121. The molecule has 0 amide bonds. The van der Waals surface area contributed by atoms with E-state index in [1.54, 1.807) is 0 Å². The van der Waals surface area contributed by atoms with Crippen molar-refractivity contribution >= 4 is 0 Å². The van der Waals surface area contributed by atoms with E-state index in [9.17, 15) is 5.11 Å². The lowest BCUT2D eigenvalue weighted by Crippen LogP contribution is -2.15. The van der Waals surface area contributed by atoms with Gasteiger partial charge in [-0.1, -0.05) is 13.3 Å². The lowest BCUT2D eigenvalue weighted by Gasteiger charge is -2.20. The summed E-state index contributed by atoms with van der Waals surface area (Å²) in [5.74, 6) is 0. The highest BCUT2D eigenvalue weighted by Gasteiger charge is 2.22. The highest BCUT2D eigenvalue weighted by molar-refractivity contribution is 5.31. The summed E-state index contributed by atoms with van der Waals surface area (Å²) in [6.07, 6.45) is 5.16. The van der Waals surface area contributed by atoms with Crippen LogP contribution in [0.3, 0.4) is 0 Å². The van der Waals surface area contributed by atoms with Crippen LogP contribution in [0.4, 0.5) is 0 Å². The second-order valence-electron chi connectivity index (χ2n) is 5.21. The van der Waals surface area contributed by atoms with Crippen molar-refractivity contribution in [2.24, 2.45) is 0 Å². The number of hydrogen-bond acceptors (Lipinski definition) is 2. The normalized spacial score (nSPS) is 18.9. The highest BCUT2D eigenvalue weighted by atomic mass is 16.5. The van der Waals surface area contributed by atoms with Crippen molar-refractivity contribution in [3.63, 3.8) is 0 Å². The monoisotopic (exact) mass is 251 g/mol. The largest absolute Gasteiger partial charge is 0.388 e. The molecule has 1 aromatic rings. The van der Waals surface area contributed by atoms with Crippen molar-refractivity contribution in [1.29, 1.82) is 0 Å². The van der Waals surface area contributed by atoms with Gasteiger partial charge in [0, 0.05) is 30.1 Å². The van der Waals surface area contributed by atoms with Gasteiger partial charge in [0.25, 0.3) is 0 Å². The smallest absolute Gasteiger partial charge is 0.0807 e. The molecule has 0 saturated carbocycles. The number of aliphatic hydroxyl groups excluding tert-OH is 1. The Hall–Kier alpha value is -0.800. The number of hydrogen-bond donors (Lipinski definition) is 1. The molecule has 0 bridgehead atoms. The number of ether oxygens (including phenoxy) is 1. The van der Waals surface area contributed by atoms with Crippen LogP contribution in [0, 0.1) is 6.92 Å². The first-order valence-corrected chi connectivity index (χ1v) is 7.18. The minimum absolute atomic E-state index is 0.255. The molecular formula is C15H25NO2. The molecule has 0 fully saturated rings. The summed E-state index contributed by atoms with van der Waals surface area (Å²) in [6.45, 7) is 6.85. The SMILES string of the molecule is CCCCOCCn1c(C)cc2c1CCCC2O. The first-order valence-electron chi connectivity index (χ1n) is 7.18. The predicted octanol–water partition coefficient (Wildman–Crippen LogP) is 2.98. The van der Waals surface area contributed by atoms with E-state index >= 15 is 0 Å². The Morgan fingerprint density at radius 1 is 1.44 bits per heavy atom. The molecule has 1 aliphatic carbocycles. The third kappa shape index (κ3) is 2.96. The average molecular weight is 251 g/mol. The van der Waals surface area contributed by atoms with Crippen molar-refractivity contribution in [1.82, 2.24) is 4.57 Å². The molecule has 0 radical (unpaired) electrons. The Labute approximate surface area is 110 Å². The molecule has 1 aromatic heterocycles. The summed E-state index contributed by atoms with van der Waals surface area (Å²) < 4.78 is 7.96. The number of nitrogens with zero attached hydrogens (tertiary/aromatic N) is 1. The summed E-state index contributed by atoms with van der Waals surface area (Å²) in [4.78, 5) is 0. The Morgan fingerprint density at radius 3 is 3.06 bits per heavy atom. The Bertz CT molecular complexity index is 384. The minimum Gasteiger partial charge on any atom is -0.388 e. The van der Waals surface area contributed by atoms with Gasteiger partial charge in [-0.15, -0.1) is 0 Å². The van der Waals surface area contributed by atoms with Gasteiger partial charge in [0.15, 0.2) is 0 Å². The second-order valence-corrected chi connectivity index (χ2v) is 5.21. The van der Waals surface area contributed by atoms with Crippen molar-refractivity contribution in [3.8, 4) is 0 Å². The third-order valence-electron chi connectivity index (χ3n) is 3.80. The van der Waals surface area contributed by atoms with Gasteiger partial charge in [-0.05, 0) is 38.7 Å². The third-order valence-corrected chi connectivity index (χ3v) is 3.80. The summed E-state index contributed by atoms with van der Waals surface area (Å²) in [5.41, 5.74) is 3.72. The van der Waals surface area contributed by atoms with Gasteiger partial charge < -0.3 is 14.4 Å². The summed E-state index contributed by atoms with van der Waals surface area (Å²) in [5, 5.41) is 10.00. The molecule has 0 aromatic carbocycles. The van der Waals surface area contributed by atoms with Crippen molar-refractivity contribution < 1.29 is 9.84 Å². The molecule has 1 atom stereocenters. The molecule has 2 rings (SSSR count). The number of rotatable bonds is 6. The average Bonchev–Trinajstić information content (AvgIpc) is 2.68. The number of aryl methyl sites for hydroxylation is 1. The first kappa shape index (κ1) is 13.6. The van der Waals surface area contributed by atoms with Crippen molar-refractivity contribution in [2.45, 2.75) is 58.6 Å². The highest BCUT2D eigenvalue weighted by Crippen LogP contribution is 2.31. The van der Waals surface area contributed by atoms with Crippen LogP contribution in [0.25, 0.3) is 0 Å². The maximum atomic E-state index is 10.00. The van der Waals surface area contributed by atoms with Crippen LogP contribution >= 0.6 is 0 Å². The zero-order chi connectivity index (χ0) is 13.0. The topological polar surface area (TPSA) is 34.4 Å². The van der Waals surface area contributed by atoms with E-state index in [0.717, 1.165) is 51.0 Å². The number of aliphatic hydroxyl groups is 1. The molecule has 1 aliphatic rings. The van der Waals surface area contributed by atoms with E-state index in [2.05, 4.69) is 24.5 Å². The van der Waals surface area contributed by atoms with E-state index in [0.29, 0.717) is 0 Å². The van der Waals surface area contributed by atoms with E-state index in [1.807, 2.05) is 0 Å². The fourth-order valence-electron chi connectivity index (χ4n) is 2.76. The fraction of sp³-hybridized carbons (Fsp3) is 0.733. The van der Waals surface area contributed by atoms with Gasteiger partial charge in [-0.3, -0.25) is 0 Å². The molecule has 1 heterocycles. The summed E-state index contributed by atoms with van der Waals surface area (Å²) in [6, 6.07) is 2.14. The van der Waals surface area contributed by atoms with E-state index in [-0.39, 0.29) is 6.10 Å². The zero-order valence-corrected chi connectivity index (χ0v) is 11.6. The van der Waals surface area contributed by atoms with Gasteiger partial charge in [-0.2, -0.15) is 0 Å². The number of unbranched alkanes of at least 4 members (excludes halogenated alkanes) is 1. The molecule has 3 heteroatoms. The molecule has 1 unspecified atom stereocenters. The van der Waals surface area contributed by atoms with Crippen molar-refractivity contribution in [3.05, 3.63) is 23.0 Å². The molecule has 3 nitrogen and oxygen atoms in total. The van der Waals surface area contributed by atoms with Gasteiger partial charge in [0.2, 0.25) is 0 Å². The van der Waals surface area contributed by atoms with Crippen LogP contribution in [-0.4, -0.2) is 22.9 Å². The quantitative estimate of drug-likeness (QED) is 0.789. The Kier molecular flexibility index (Phi) is 4.84. The van der Waals surface area contributed by atoms with Gasteiger partial charge in [0.05, 0.1) is 12.7 Å². The summed E-state index contributed by atoms with van der Waals surface area (Å²) in [7, 11) is 0. The fourth-order valence-corrected chi connectivity index (χ4v) is 2.76. The van der Waals surface area contributed by atoms with Gasteiger partial charge >= 0.3 is 0 Å². The van der Waals surface area contributed by atoms with Crippen molar-refractivity contribution in [2.75, 3.05) is 13.2 Å². The molecule has 102 valence electrons. The summed E-state index contributed by atoms with van der Waals surface area (Å²) >= 11 is 0. The van der Waals surface area contributed by atoms with Gasteiger partial charge in [-0.25, -0.2) is 0 Å². The van der Waals surface area contributed by atoms with Crippen LogP contribution in [0.5, 0.6) is 0 Å². The molecular weight excluding hydrogens is 226 g/mol. The van der Waals surface area contributed by atoms with E-state index in [4.69, 9.17) is 4.74 Å². The molecule has 0 saturated heterocycles. The number of fused-ring (bicyclic) bond motifs is 1. The number of aromatic nitrogens is 1. The molecule has 0 aliphatic heterocycles. The van der Waals surface area contributed by atoms with Gasteiger partial charge in [0.1, 0.15) is 0 Å². The lowest BCUT2D eigenvalue weighted by atomic mass is 9.95.